The molecule has 2 aromatic rings. The average molecular weight is 391 g/mol. The Kier molecular flexibility index (Phi) is 4.68. The van der Waals surface area contributed by atoms with Crippen molar-refractivity contribution in [3.05, 3.63) is 63.9 Å². The summed E-state index contributed by atoms with van der Waals surface area (Å²) in [4.78, 5) is 3.50. The van der Waals surface area contributed by atoms with Crippen LogP contribution in [0.1, 0.15) is 28.8 Å². The van der Waals surface area contributed by atoms with E-state index in [-0.39, 0.29) is 11.5 Å². The molecule has 2 atom stereocenters. The molecule has 1 nitrogen and oxygen atoms in total. The van der Waals surface area contributed by atoms with Crippen LogP contribution in [-0.2, 0) is 0 Å². The van der Waals surface area contributed by atoms with Gasteiger partial charge >= 0.3 is 0 Å². The summed E-state index contributed by atoms with van der Waals surface area (Å²) in [7, 11) is 0. The molecule has 0 bridgehead atoms. The van der Waals surface area contributed by atoms with Crippen molar-refractivity contribution in [2.45, 2.75) is 17.7 Å². The highest BCUT2D eigenvalue weighted by Gasteiger charge is 2.24. The smallest absolute Gasteiger partial charge is 0.131 e. The minimum atomic E-state index is -0.561. The van der Waals surface area contributed by atoms with Crippen molar-refractivity contribution in [3.8, 4) is 0 Å². The lowest BCUT2D eigenvalue weighted by molar-refractivity contribution is 0.540. The summed E-state index contributed by atoms with van der Waals surface area (Å²) in [5, 5.41) is 0. The van der Waals surface area contributed by atoms with E-state index in [4.69, 9.17) is 0 Å². The van der Waals surface area contributed by atoms with Gasteiger partial charge < -0.3 is 0 Å². The Bertz CT molecular complexity index is 552. The SMILES string of the molecule is CC(c1ccncc1)C(Br)c1c(F)cc(Br)cc1F. The molecule has 0 radical (unpaired) electrons. The number of halogens is 4. The van der Waals surface area contributed by atoms with Gasteiger partial charge in [0.1, 0.15) is 11.6 Å². The molecule has 0 saturated carbocycles. The van der Waals surface area contributed by atoms with Gasteiger partial charge in [0, 0.05) is 22.4 Å². The lowest BCUT2D eigenvalue weighted by Gasteiger charge is -2.20. The van der Waals surface area contributed by atoms with Gasteiger partial charge in [0.15, 0.2) is 0 Å². The molecule has 5 heteroatoms. The largest absolute Gasteiger partial charge is 0.265 e. The summed E-state index contributed by atoms with van der Waals surface area (Å²) in [6, 6.07) is 6.22. The van der Waals surface area contributed by atoms with E-state index in [1.165, 1.54) is 12.1 Å². The molecular formula is C14H11Br2F2N. The summed E-state index contributed by atoms with van der Waals surface area (Å²) in [6.07, 6.45) is 3.33. The van der Waals surface area contributed by atoms with Gasteiger partial charge in [-0.1, -0.05) is 38.8 Å². The number of pyridine rings is 1. The van der Waals surface area contributed by atoms with Gasteiger partial charge in [-0.05, 0) is 35.7 Å². The topological polar surface area (TPSA) is 12.9 Å². The summed E-state index contributed by atoms with van der Waals surface area (Å²) in [6.45, 7) is 1.91. The molecule has 100 valence electrons. The molecule has 0 amide bonds. The number of nitrogens with zero attached hydrogens (tertiary/aromatic N) is 1. The van der Waals surface area contributed by atoms with Gasteiger partial charge in [-0.15, -0.1) is 0 Å². The van der Waals surface area contributed by atoms with Crippen molar-refractivity contribution in [3.63, 3.8) is 0 Å². The summed E-state index contributed by atoms with van der Waals surface area (Å²) in [5.41, 5.74) is 1.02. The molecule has 1 aromatic carbocycles. The molecule has 0 aliphatic carbocycles. The van der Waals surface area contributed by atoms with Gasteiger partial charge in [-0.2, -0.15) is 0 Å². The first-order chi connectivity index (χ1) is 9.00. The first-order valence-corrected chi connectivity index (χ1v) is 7.40. The first kappa shape index (κ1) is 14.6. The predicted molar refractivity (Wildman–Crippen MR) is 78.4 cm³/mol. The van der Waals surface area contributed by atoms with Crippen LogP contribution in [0, 0.1) is 11.6 Å². The third-order valence-electron chi connectivity index (χ3n) is 2.99. The van der Waals surface area contributed by atoms with E-state index < -0.39 is 16.5 Å². The fraction of sp³-hybridized carbons (Fsp3) is 0.214. The normalized spacial score (nSPS) is 14.2. The Labute approximate surface area is 127 Å². The van der Waals surface area contributed by atoms with Crippen molar-refractivity contribution >= 4 is 31.9 Å². The molecule has 0 N–H and O–H groups in total. The zero-order valence-electron chi connectivity index (χ0n) is 10.1. The Morgan fingerprint density at radius 1 is 1.11 bits per heavy atom. The first-order valence-electron chi connectivity index (χ1n) is 5.69. The monoisotopic (exact) mass is 389 g/mol. The Morgan fingerprint density at radius 3 is 2.16 bits per heavy atom. The van der Waals surface area contributed by atoms with Crippen LogP contribution in [0.3, 0.4) is 0 Å². The molecular weight excluding hydrogens is 380 g/mol. The average Bonchev–Trinajstić information content (AvgIpc) is 2.37. The molecule has 1 heterocycles. The minimum absolute atomic E-state index is 0.0486. The number of alkyl halides is 1. The van der Waals surface area contributed by atoms with Crippen molar-refractivity contribution < 1.29 is 8.78 Å². The quantitative estimate of drug-likeness (QED) is 0.642. The van der Waals surface area contributed by atoms with Gasteiger partial charge in [0.05, 0.1) is 4.83 Å². The molecule has 0 spiro atoms. The van der Waals surface area contributed by atoms with Crippen LogP contribution in [0.15, 0.2) is 41.1 Å². The van der Waals surface area contributed by atoms with E-state index in [2.05, 4.69) is 36.8 Å². The molecule has 0 aliphatic heterocycles. The lowest BCUT2D eigenvalue weighted by Crippen LogP contribution is -2.07. The molecule has 0 saturated heterocycles. The molecule has 0 fully saturated rings. The molecule has 2 rings (SSSR count). The standard InChI is InChI=1S/C14H11Br2F2N/c1-8(9-2-4-19-5-3-9)14(16)13-11(17)6-10(15)7-12(13)18/h2-8,14H,1H3. The summed E-state index contributed by atoms with van der Waals surface area (Å²) >= 11 is 6.47. The van der Waals surface area contributed by atoms with Crippen LogP contribution < -0.4 is 0 Å². The Morgan fingerprint density at radius 2 is 1.63 bits per heavy atom. The van der Waals surface area contributed by atoms with Crippen LogP contribution in [0.4, 0.5) is 8.78 Å². The third kappa shape index (κ3) is 3.20. The maximum atomic E-state index is 13.9. The number of rotatable bonds is 3. The Balaban J connectivity index is 2.37. The molecule has 0 aliphatic rings. The van der Waals surface area contributed by atoms with E-state index in [9.17, 15) is 8.78 Å². The van der Waals surface area contributed by atoms with Crippen molar-refractivity contribution in [1.29, 1.82) is 0 Å². The van der Waals surface area contributed by atoms with Gasteiger partial charge in [-0.25, -0.2) is 8.78 Å². The maximum absolute atomic E-state index is 13.9. The van der Waals surface area contributed by atoms with E-state index in [1.807, 2.05) is 19.1 Å². The lowest BCUT2D eigenvalue weighted by atomic mass is 9.94. The second-order valence-electron chi connectivity index (χ2n) is 4.25. The van der Waals surface area contributed by atoms with Crippen LogP contribution in [-0.4, -0.2) is 4.98 Å². The summed E-state index contributed by atoms with van der Waals surface area (Å²) < 4.78 is 28.2. The highest BCUT2D eigenvalue weighted by Crippen LogP contribution is 2.40. The van der Waals surface area contributed by atoms with Crippen LogP contribution in [0.5, 0.6) is 0 Å². The third-order valence-corrected chi connectivity index (χ3v) is 4.70. The molecule has 2 unspecified atom stereocenters. The van der Waals surface area contributed by atoms with E-state index >= 15 is 0 Å². The van der Waals surface area contributed by atoms with E-state index in [1.54, 1.807) is 12.4 Å². The van der Waals surface area contributed by atoms with Gasteiger partial charge in [0.2, 0.25) is 0 Å². The zero-order valence-corrected chi connectivity index (χ0v) is 13.2. The van der Waals surface area contributed by atoms with E-state index in [0.29, 0.717) is 4.47 Å². The molecule has 1 aromatic heterocycles. The second-order valence-corrected chi connectivity index (χ2v) is 6.16. The fourth-order valence-corrected chi connectivity index (χ4v) is 3.05. The second kappa shape index (κ2) is 6.09. The Hall–Kier alpha value is -0.810. The van der Waals surface area contributed by atoms with E-state index in [0.717, 1.165) is 5.56 Å². The molecule has 19 heavy (non-hydrogen) atoms. The van der Waals surface area contributed by atoms with Gasteiger partial charge in [-0.3, -0.25) is 4.98 Å². The number of benzene rings is 1. The van der Waals surface area contributed by atoms with Crippen LogP contribution in [0.2, 0.25) is 0 Å². The number of hydrogen-bond acceptors (Lipinski definition) is 1. The zero-order chi connectivity index (χ0) is 14.0. The summed E-state index contributed by atoms with van der Waals surface area (Å²) in [5.74, 6) is -1.20. The maximum Gasteiger partial charge on any atom is 0.131 e. The number of hydrogen-bond donors (Lipinski definition) is 0. The predicted octanol–water partition coefficient (Wildman–Crippen LogP) is 5.36. The van der Waals surface area contributed by atoms with Crippen molar-refractivity contribution in [1.82, 2.24) is 4.98 Å². The minimum Gasteiger partial charge on any atom is -0.265 e. The van der Waals surface area contributed by atoms with Crippen molar-refractivity contribution in [2.75, 3.05) is 0 Å². The van der Waals surface area contributed by atoms with Crippen LogP contribution >= 0.6 is 31.9 Å². The van der Waals surface area contributed by atoms with Crippen LogP contribution in [0.25, 0.3) is 0 Å². The highest BCUT2D eigenvalue weighted by molar-refractivity contribution is 9.10. The highest BCUT2D eigenvalue weighted by atomic mass is 79.9. The fourth-order valence-electron chi connectivity index (χ4n) is 1.90. The van der Waals surface area contributed by atoms with Crippen molar-refractivity contribution in [2.24, 2.45) is 0 Å². The van der Waals surface area contributed by atoms with Gasteiger partial charge in [0.25, 0.3) is 0 Å². The number of aromatic nitrogens is 1.